The number of hydrogen-bond acceptors (Lipinski definition) is 3. The summed E-state index contributed by atoms with van der Waals surface area (Å²) in [6.07, 6.45) is 7.22. The summed E-state index contributed by atoms with van der Waals surface area (Å²) >= 11 is 6.36. The Morgan fingerprint density at radius 3 is 2.31 bits per heavy atom. The number of amides is 2. The van der Waals surface area contributed by atoms with Gasteiger partial charge in [-0.2, -0.15) is 0 Å². The Labute approximate surface area is 179 Å². The van der Waals surface area contributed by atoms with Crippen LogP contribution >= 0.6 is 11.6 Å². The van der Waals surface area contributed by atoms with Crippen LogP contribution in [0.25, 0.3) is 0 Å². The molecule has 2 amide bonds. The highest BCUT2D eigenvalue weighted by molar-refractivity contribution is 6.33. The first kappa shape index (κ1) is 21.9. The van der Waals surface area contributed by atoms with E-state index < -0.39 is 5.60 Å². The molecule has 0 bridgehead atoms. The van der Waals surface area contributed by atoms with Crippen molar-refractivity contribution >= 4 is 23.6 Å². The van der Waals surface area contributed by atoms with Crippen LogP contribution in [0.5, 0.6) is 0 Å². The van der Waals surface area contributed by atoms with E-state index in [0.717, 1.165) is 32.1 Å². The quantitative estimate of drug-likeness (QED) is 0.605. The number of likely N-dealkylation sites (tertiary alicyclic amines) is 1. The van der Waals surface area contributed by atoms with Crippen molar-refractivity contribution in [3.8, 4) is 0 Å². The number of rotatable bonds is 3. The van der Waals surface area contributed by atoms with Gasteiger partial charge in [-0.15, -0.1) is 0 Å². The van der Waals surface area contributed by atoms with Crippen LogP contribution in [-0.4, -0.2) is 52.6 Å². The van der Waals surface area contributed by atoms with Crippen molar-refractivity contribution in [2.75, 3.05) is 13.1 Å². The number of ether oxygens (including phenoxy) is 1. The average Bonchev–Trinajstić information content (AvgIpc) is 2.97. The van der Waals surface area contributed by atoms with Crippen LogP contribution in [0.2, 0.25) is 5.02 Å². The maximum atomic E-state index is 13.6. The Hall–Kier alpha value is -1.75. The summed E-state index contributed by atoms with van der Waals surface area (Å²) in [7, 11) is 0. The second-order valence-corrected chi connectivity index (χ2v) is 9.61. The van der Waals surface area contributed by atoms with Crippen LogP contribution in [0.1, 0.15) is 76.1 Å². The van der Waals surface area contributed by atoms with E-state index in [2.05, 4.69) is 0 Å². The molecule has 1 saturated heterocycles. The zero-order valence-electron chi connectivity index (χ0n) is 17.8. The van der Waals surface area contributed by atoms with E-state index in [0.29, 0.717) is 23.7 Å². The van der Waals surface area contributed by atoms with Gasteiger partial charge >= 0.3 is 6.09 Å². The van der Waals surface area contributed by atoms with Gasteiger partial charge < -0.3 is 14.5 Å². The summed E-state index contributed by atoms with van der Waals surface area (Å²) in [5.74, 6) is -0.0152. The fourth-order valence-corrected chi connectivity index (χ4v) is 4.62. The van der Waals surface area contributed by atoms with E-state index >= 15 is 0 Å². The molecule has 1 heterocycles. The molecule has 29 heavy (non-hydrogen) atoms. The Morgan fingerprint density at radius 2 is 1.69 bits per heavy atom. The van der Waals surface area contributed by atoms with Gasteiger partial charge in [-0.25, -0.2) is 4.79 Å². The predicted octanol–water partition coefficient (Wildman–Crippen LogP) is 5.51. The second-order valence-electron chi connectivity index (χ2n) is 9.21. The minimum atomic E-state index is -0.524. The highest BCUT2D eigenvalue weighted by atomic mass is 35.5. The van der Waals surface area contributed by atoms with Crippen molar-refractivity contribution in [2.24, 2.45) is 0 Å². The van der Waals surface area contributed by atoms with E-state index in [1.807, 2.05) is 37.8 Å². The zero-order chi connectivity index (χ0) is 21.0. The third kappa shape index (κ3) is 5.65. The molecule has 160 valence electrons. The summed E-state index contributed by atoms with van der Waals surface area (Å²) < 4.78 is 5.54. The third-order valence-electron chi connectivity index (χ3n) is 5.77. The number of nitrogens with zero attached hydrogens (tertiary/aromatic N) is 2. The molecule has 1 atom stereocenters. The van der Waals surface area contributed by atoms with Crippen molar-refractivity contribution in [1.29, 1.82) is 0 Å². The lowest BCUT2D eigenvalue weighted by Gasteiger charge is -2.36. The standard InChI is InChI=1S/C23H33ClN2O3/c1-23(2,3)29-22(28)25-15-14-18(16-25)26(17-10-6-4-5-7-11-17)21(27)19-12-8-9-13-20(19)24/h8-9,12-13,17-18H,4-7,10-11,14-16H2,1-3H3/t18-/m0/s1. The molecule has 3 rings (SSSR count). The van der Waals surface area contributed by atoms with Crippen molar-refractivity contribution in [1.82, 2.24) is 9.80 Å². The minimum Gasteiger partial charge on any atom is -0.444 e. The topological polar surface area (TPSA) is 49.9 Å². The van der Waals surface area contributed by atoms with Gasteiger partial charge in [0.2, 0.25) is 0 Å². The predicted molar refractivity (Wildman–Crippen MR) is 115 cm³/mol. The van der Waals surface area contributed by atoms with E-state index in [9.17, 15) is 9.59 Å². The second kappa shape index (κ2) is 9.38. The molecule has 0 unspecified atom stereocenters. The molecule has 2 fully saturated rings. The molecule has 6 heteroatoms. The largest absolute Gasteiger partial charge is 0.444 e. The molecule has 1 aliphatic heterocycles. The van der Waals surface area contributed by atoms with Crippen LogP contribution in [0.3, 0.4) is 0 Å². The molecule has 1 saturated carbocycles. The maximum absolute atomic E-state index is 13.6. The molecule has 2 aliphatic rings. The summed E-state index contributed by atoms with van der Waals surface area (Å²) in [5.41, 5.74) is 0.0258. The smallest absolute Gasteiger partial charge is 0.410 e. The third-order valence-corrected chi connectivity index (χ3v) is 6.09. The SMILES string of the molecule is CC(C)(C)OC(=O)N1CC[C@H](N(C(=O)c2ccccc2Cl)C2CCCCCC2)C1. The number of carbonyl (C=O) groups excluding carboxylic acids is 2. The molecule has 0 radical (unpaired) electrons. The van der Waals surface area contributed by atoms with Gasteiger partial charge in [0.25, 0.3) is 5.91 Å². The van der Waals surface area contributed by atoms with Gasteiger partial charge in [0.05, 0.1) is 16.6 Å². The lowest BCUT2D eigenvalue weighted by Crippen LogP contribution is -2.49. The minimum absolute atomic E-state index is 0.00519. The fraction of sp³-hybridized carbons (Fsp3) is 0.652. The molecule has 1 aliphatic carbocycles. The molecule has 0 spiro atoms. The number of hydrogen-bond donors (Lipinski definition) is 0. The van der Waals surface area contributed by atoms with Gasteiger partial charge in [0, 0.05) is 19.1 Å². The first-order chi connectivity index (χ1) is 13.8. The Bertz CT molecular complexity index is 723. The highest BCUT2D eigenvalue weighted by Crippen LogP contribution is 2.30. The van der Waals surface area contributed by atoms with Crippen LogP contribution < -0.4 is 0 Å². The van der Waals surface area contributed by atoms with E-state index in [1.54, 1.807) is 17.0 Å². The highest BCUT2D eigenvalue weighted by Gasteiger charge is 2.38. The molecule has 5 nitrogen and oxygen atoms in total. The van der Waals surface area contributed by atoms with Crippen molar-refractivity contribution < 1.29 is 14.3 Å². The Morgan fingerprint density at radius 1 is 1.03 bits per heavy atom. The van der Waals surface area contributed by atoms with E-state index in [1.165, 1.54) is 12.8 Å². The summed E-state index contributed by atoms with van der Waals surface area (Å²) in [5, 5.41) is 0.484. The average molecular weight is 421 g/mol. The van der Waals surface area contributed by atoms with Gasteiger partial charge in [0.1, 0.15) is 5.60 Å². The van der Waals surface area contributed by atoms with Crippen LogP contribution in [-0.2, 0) is 4.74 Å². The zero-order valence-corrected chi connectivity index (χ0v) is 18.6. The number of carbonyl (C=O) groups is 2. The van der Waals surface area contributed by atoms with E-state index in [-0.39, 0.29) is 24.1 Å². The molecular formula is C23H33ClN2O3. The molecule has 0 N–H and O–H groups in total. The molecule has 1 aromatic carbocycles. The monoisotopic (exact) mass is 420 g/mol. The van der Waals surface area contributed by atoms with Crippen molar-refractivity contribution in [3.63, 3.8) is 0 Å². The Balaban J connectivity index is 1.81. The summed E-state index contributed by atoms with van der Waals surface area (Å²) in [4.78, 5) is 29.9. The lowest BCUT2D eigenvalue weighted by molar-refractivity contribution is 0.0262. The van der Waals surface area contributed by atoms with E-state index in [4.69, 9.17) is 16.3 Å². The van der Waals surface area contributed by atoms with Crippen LogP contribution in [0, 0.1) is 0 Å². The summed E-state index contributed by atoms with van der Waals surface area (Å²) in [6, 6.07) is 7.46. The Kier molecular flexibility index (Phi) is 7.10. The van der Waals surface area contributed by atoms with Gasteiger partial charge in [0.15, 0.2) is 0 Å². The molecule has 0 aromatic heterocycles. The van der Waals surface area contributed by atoms with Crippen LogP contribution in [0.15, 0.2) is 24.3 Å². The number of halogens is 1. The molecule has 1 aromatic rings. The van der Waals surface area contributed by atoms with Gasteiger partial charge in [-0.05, 0) is 52.2 Å². The summed E-state index contributed by atoms with van der Waals surface area (Å²) in [6.45, 7) is 6.74. The maximum Gasteiger partial charge on any atom is 0.410 e. The fourth-order valence-electron chi connectivity index (χ4n) is 4.40. The van der Waals surface area contributed by atoms with Crippen molar-refractivity contribution in [3.05, 3.63) is 34.9 Å². The normalized spacial score (nSPS) is 21.0. The van der Waals surface area contributed by atoms with Crippen LogP contribution in [0.4, 0.5) is 4.79 Å². The van der Waals surface area contributed by atoms with Gasteiger partial charge in [-0.1, -0.05) is 49.4 Å². The first-order valence-electron chi connectivity index (χ1n) is 10.8. The van der Waals surface area contributed by atoms with Gasteiger partial charge in [-0.3, -0.25) is 4.79 Å². The lowest BCUT2D eigenvalue weighted by atomic mass is 10.0. The number of benzene rings is 1. The first-order valence-corrected chi connectivity index (χ1v) is 11.2. The van der Waals surface area contributed by atoms with Crippen molar-refractivity contribution in [2.45, 2.75) is 83.4 Å². The molecular weight excluding hydrogens is 388 g/mol.